The standard InChI is InChI=1S/C24H24N4OSi/c1-18(29)26-20-14-21(27-10-5-6-11-27)16-22(15-20)28-17-25-23-13-19(7-8-24(23)28)9-12-30(2,3)4/h5-8,10-11,13-17H,1-4H3,(H,26,29). The van der Waals surface area contributed by atoms with Crippen molar-refractivity contribution in [2.45, 2.75) is 26.6 Å². The zero-order valence-electron chi connectivity index (χ0n) is 17.6. The average Bonchev–Trinajstić information content (AvgIpc) is 3.34. The maximum Gasteiger partial charge on any atom is 0.221 e. The molecule has 0 unspecified atom stereocenters. The second kappa shape index (κ2) is 7.69. The molecular weight excluding hydrogens is 388 g/mol. The molecule has 0 aliphatic carbocycles. The lowest BCUT2D eigenvalue weighted by molar-refractivity contribution is -0.114. The Morgan fingerprint density at radius 1 is 1.03 bits per heavy atom. The largest absolute Gasteiger partial charge is 0.326 e. The monoisotopic (exact) mass is 412 g/mol. The summed E-state index contributed by atoms with van der Waals surface area (Å²) in [7, 11) is -1.43. The van der Waals surface area contributed by atoms with Gasteiger partial charge >= 0.3 is 0 Å². The van der Waals surface area contributed by atoms with E-state index >= 15 is 0 Å². The molecule has 0 saturated heterocycles. The van der Waals surface area contributed by atoms with Gasteiger partial charge in [0.25, 0.3) is 0 Å². The first-order valence-corrected chi connectivity index (χ1v) is 13.4. The fraction of sp³-hybridized carbons (Fsp3) is 0.167. The van der Waals surface area contributed by atoms with Crippen molar-refractivity contribution in [1.29, 1.82) is 0 Å². The van der Waals surface area contributed by atoms with Crippen LogP contribution in [0.5, 0.6) is 0 Å². The third-order valence-corrected chi connectivity index (χ3v) is 5.41. The van der Waals surface area contributed by atoms with Gasteiger partial charge < -0.3 is 9.88 Å². The van der Waals surface area contributed by atoms with Crippen LogP contribution < -0.4 is 5.32 Å². The summed E-state index contributed by atoms with van der Waals surface area (Å²) in [5, 5.41) is 2.90. The molecule has 1 N–H and O–H groups in total. The van der Waals surface area contributed by atoms with E-state index in [-0.39, 0.29) is 5.91 Å². The highest BCUT2D eigenvalue weighted by Crippen LogP contribution is 2.25. The fourth-order valence-corrected chi connectivity index (χ4v) is 3.74. The summed E-state index contributed by atoms with van der Waals surface area (Å²) in [6.45, 7) is 8.21. The number of imidazole rings is 1. The molecule has 0 fully saturated rings. The average molecular weight is 413 g/mol. The fourth-order valence-electron chi connectivity index (χ4n) is 3.22. The Hall–Kier alpha value is -3.56. The molecule has 0 aliphatic rings. The maximum absolute atomic E-state index is 11.6. The highest BCUT2D eigenvalue weighted by atomic mass is 28.3. The molecule has 4 rings (SSSR count). The normalized spacial score (nSPS) is 11.2. The molecule has 0 bridgehead atoms. The SMILES string of the molecule is CC(=O)Nc1cc(-n2cccc2)cc(-n2cnc3cc(C#C[Si](C)(C)C)ccc32)c1. The molecule has 2 aromatic carbocycles. The van der Waals surface area contributed by atoms with Crippen LogP contribution in [0.15, 0.2) is 67.3 Å². The van der Waals surface area contributed by atoms with Crippen LogP contribution >= 0.6 is 0 Å². The molecule has 150 valence electrons. The quantitative estimate of drug-likeness (QED) is 0.380. The molecule has 0 atom stereocenters. The number of rotatable bonds is 3. The Morgan fingerprint density at radius 3 is 2.47 bits per heavy atom. The number of carbonyl (C=O) groups is 1. The topological polar surface area (TPSA) is 51.9 Å². The van der Waals surface area contributed by atoms with Crippen molar-refractivity contribution in [2.75, 3.05) is 5.32 Å². The summed E-state index contributed by atoms with van der Waals surface area (Å²) in [6, 6.07) is 16.0. The Kier molecular flexibility index (Phi) is 5.06. The molecule has 0 saturated carbocycles. The zero-order valence-corrected chi connectivity index (χ0v) is 18.6. The lowest BCUT2D eigenvalue weighted by Crippen LogP contribution is -2.16. The minimum Gasteiger partial charge on any atom is -0.326 e. The molecule has 0 radical (unpaired) electrons. The second-order valence-electron chi connectivity index (χ2n) is 8.33. The number of hydrogen-bond donors (Lipinski definition) is 1. The van der Waals surface area contributed by atoms with E-state index in [1.54, 1.807) is 0 Å². The highest BCUT2D eigenvalue weighted by molar-refractivity contribution is 6.83. The van der Waals surface area contributed by atoms with Gasteiger partial charge in [0.1, 0.15) is 14.4 Å². The first-order valence-electron chi connectivity index (χ1n) is 9.85. The number of hydrogen-bond acceptors (Lipinski definition) is 2. The zero-order chi connectivity index (χ0) is 21.3. The Morgan fingerprint density at radius 2 is 1.77 bits per heavy atom. The molecule has 30 heavy (non-hydrogen) atoms. The van der Waals surface area contributed by atoms with Gasteiger partial charge in [-0.05, 0) is 48.5 Å². The van der Waals surface area contributed by atoms with E-state index in [2.05, 4.69) is 53.5 Å². The third-order valence-electron chi connectivity index (χ3n) is 4.53. The molecule has 2 aromatic heterocycles. The molecule has 1 amide bonds. The number of benzene rings is 2. The van der Waals surface area contributed by atoms with Crippen LogP contribution in [-0.4, -0.2) is 28.1 Å². The van der Waals surface area contributed by atoms with Crippen molar-refractivity contribution in [3.8, 4) is 22.8 Å². The lowest BCUT2D eigenvalue weighted by atomic mass is 10.2. The van der Waals surface area contributed by atoms with E-state index in [1.165, 1.54) is 6.92 Å². The van der Waals surface area contributed by atoms with Crippen LogP contribution in [0, 0.1) is 11.5 Å². The van der Waals surface area contributed by atoms with E-state index < -0.39 is 8.07 Å². The smallest absolute Gasteiger partial charge is 0.221 e. The Bertz CT molecular complexity index is 1280. The summed E-state index contributed by atoms with van der Waals surface area (Å²) >= 11 is 0. The number of amides is 1. The minimum absolute atomic E-state index is 0.105. The van der Waals surface area contributed by atoms with Crippen molar-refractivity contribution < 1.29 is 4.79 Å². The van der Waals surface area contributed by atoms with Crippen LogP contribution in [0.4, 0.5) is 5.69 Å². The van der Waals surface area contributed by atoms with Crippen LogP contribution in [0.2, 0.25) is 19.6 Å². The van der Waals surface area contributed by atoms with Gasteiger partial charge in [-0.1, -0.05) is 25.6 Å². The first kappa shape index (κ1) is 19.7. The van der Waals surface area contributed by atoms with E-state index in [9.17, 15) is 4.79 Å². The van der Waals surface area contributed by atoms with Crippen LogP contribution in [-0.2, 0) is 4.79 Å². The summed E-state index contributed by atoms with van der Waals surface area (Å²) in [5.74, 6) is 3.19. The number of anilines is 1. The number of fused-ring (bicyclic) bond motifs is 1. The van der Waals surface area contributed by atoms with E-state index in [1.807, 2.05) is 64.3 Å². The number of aromatic nitrogens is 3. The minimum atomic E-state index is -1.43. The van der Waals surface area contributed by atoms with Crippen molar-refractivity contribution >= 4 is 30.7 Å². The Balaban J connectivity index is 1.80. The van der Waals surface area contributed by atoms with Crippen molar-refractivity contribution in [2.24, 2.45) is 0 Å². The highest BCUT2D eigenvalue weighted by Gasteiger charge is 2.10. The summed E-state index contributed by atoms with van der Waals surface area (Å²) < 4.78 is 4.04. The molecule has 6 heteroatoms. The van der Waals surface area contributed by atoms with Gasteiger partial charge in [-0.25, -0.2) is 4.98 Å². The molecule has 5 nitrogen and oxygen atoms in total. The van der Waals surface area contributed by atoms with Gasteiger partial charge in [-0.15, -0.1) is 5.54 Å². The van der Waals surface area contributed by atoms with Gasteiger partial charge in [0.2, 0.25) is 5.91 Å². The summed E-state index contributed by atoms with van der Waals surface area (Å²) in [5.41, 5.74) is 8.89. The van der Waals surface area contributed by atoms with Crippen molar-refractivity contribution in [3.05, 3.63) is 72.8 Å². The predicted molar refractivity (Wildman–Crippen MR) is 125 cm³/mol. The number of carbonyl (C=O) groups excluding carboxylic acids is 1. The molecule has 4 aromatic rings. The van der Waals surface area contributed by atoms with Gasteiger partial charge in [0, 0.05) is 36.3 Å². The molecule has 2 heterocycles. The molecular formula is C24H24N4OSi. The third kappa shape index (κ3) is 4.37. The van der Waals surface area contributed by atoms with E-state index in [4.69, 9.17) is 0 Å². The number of nitrogens with zero attached hydrogens (tertiary/aromatic N) is 3. The summed E-state index contributed by atoms with van der Waals surface area (Å²) in [6.07, 6.45) is 5.77. The first-order chi connectivity index (χ1) is 14.3. The van der Waals surface area contributed by atoms with Gasteiger partial charge in [-0.2, -0.15) is 0 Å². The summed E-state index contributed by atoms with van der Waals surface area (Å²) in [4.78, 5) is 16.2. The van der Waals surface area contributed by atoms with E-state index in [0.717, 1.165) is 33.7 Å². The van der Waals surface area contributed by atoms with E-state index in [0.29, 0.717) is 0 Å². The van der Waals surface area contributed by atoms with Crippen LogP contribution in [0.25, 0.3) is 22.4 Å². The maximum atomic E-state index is 11.6. The van der Waals surface area contributed by atoms with Crippen LogP contribution in [0.3, 0.4) is 0 Å². The molecule has 0 aliphatic heterocycles. The van der Waals surface area contributed by atoms with Crippen molar-refractivity contribution in [1.82, 2.24) is 14.1 Å². The molecule has 0 spiro atoms. The van der Waals surface area contributed by atoms with Gasteiger partial charge in [0.05, 0.1) is 16.7 Å². The van der Waals surface area contributed by atoms with Gasteiger partial charge in [0.15, 0.2) is 0 Å². The van der Waals surface area contributed by atoms with Gasteiger partial charge in [-0.3, -0.25) is 9.36 Å². The number of nitrogens with one attached hydrogen (secondary N) is 1. The predicted octanol–water partition coefficient (Wildman–Crippen LogP) is 5.00. The van der Waals surface area contributed by atoms with Crippen LogP contribution in [0.1, 0.15) is 12.5 Å². The van der Waals surface area contributed by atoms with Crippen molar-refractivity contribution in [3.63, 3.8) is 0 Å². The Labute approximate surface area is 177 Å². The lowest BCUT2D eigenvalue weighted by Gasteiger charge is -2.12. The second-order valence-corrected chi connectivity index (χ2v) is 13.1.